The van der Waals surface area contributed by atoms with Crippen molar-refractivity contribution in [3.8, 4) is 5.75 Å². The molecule has 5 aromatic rings. The van der Waals surface area contributed by atoms with Crippen molar-refractivity contribution in [3.05, 3.63) is 119 Å². The second-order valence-corrected chi connectivity index (χ2v) is 13.5. The Morgan fingerprint density at radius 1 is 0.820 bits per heavy atom. The van der Waals surface area contributed by atoms with E-state index in [1.54, 1.807) is 54.6 Å². The van der Waals surface area contributed by atoms with Gasteiger partial charge in [0.1, 0.15) is 5.69 Å². The summed E-state index contributed by atoms with van der Waals surface area (Å²) in [6, 6.07) is 22.4. The average Bonchev–Trinajstić information content (AvgIpc) is 3.09. The summed E-state index contributed by atoms with van der Waals surface area (Å²) in [6.45, 7) is 3.29. The van der Waals surface area contributed by atoms with Gasteiger partial charge in [0.05, 0.1) is 21.2 Å². The zero-order valence-corrected chi connectivity index (χ0v) is 27.7. The molecule has 0 aliphatic carbocycles. The third kappa shape index (κ3) is 8.68. The van der Waals surface area contributed by atoms with Gasteiger partial charge < -0.3 is 15.7 Å². The number of hydrazone groups is 1. The monoisotopic (exact) mass is 733 g/mol. The Balaban J connectivity index is 1.48. The minimum atomic E-state index is -4.83. The molecule has 0 atom stereocenters. The molecule has 50 heavy (non-hydrogen) atoms. The quantitative estimate of drug-likeness (QED) is 0.0181. The van der Waals surface area contributed by atoms with Gasteiger partial charge in [-0.1, -0.05) is 49.0 Å². The summed E-state index contributed by atoms with van der Waals surface area (Å²) >= 11 is 6.10. The highest BCUT2D eigenvalue weighted by molar-refractivity contribution is 7.94. The second-order valence-electron chi connectivity index (χ2n) is 9.87. The van der Waals surface area contributed by atoms with Crippen molar-refractivity contribution in [2.45, 2.75) is 9.79 Å². The van der Waals surface area contributed by atoms with Gasteiger partial charge >= 0.3 is 0 Å². The number of hydrogen-bond donors (Lipinski definition) is 5. The van der Waals surface area contributed by atoms with Crippen LogP contribution < -0.4 is 16.1 Å². The molecule has 4 aromatic carbocycles. The molecule has 5 rings (SSSR count). The minimum Gasteiger partial charge on any atom is -0.504 e. The molecule has 16 nitrogen and oxygen atoms in total. The van der Waals surface area contributed by atoms with Crippen LogP contribution in [0.25, 0.3) is 0 Å². The molecule has 5 N–H and O–H groups in total. The molecule has 0 aliphatic heterocycles. The predicted molar refractivity (Wildman–Crippen MR) is 186 cm³/mol. The van der Waals surface area contributed by atoms with Crippen molar-refractivity contribution in [2.24, 2.45) is 15.3 Å². The van der Waals surface area contributed by atoms with Crippen LogP contribution in [0.5, 0.6) is 5.75 Å². The summed E-state index contributed by atoms with van der Waals surface area (Å²) in [7, 11) is -8.48. The molecule has 0 fully saturated rings. The van der Waals surface area contributed by atoms with Gasteiger partial charge in [0.2, 0.25) is 23.0 Å². The number of azo groups is 1. The number of aromatic nitrogens is 3. The Morgan fingerprint density at radius 2 is 1.46 bits per heavy atom. The highest BCUT2D eigenvalue weighted by atomic mass is 35.5. The van der Waals surface area contributed by atoms with Gasteiger partial charge in [-0.25, -0.2) is 8.42 Å². The zero-order chi connectivity index (χ0) is 35.9. The molecule has 0 spiro atoms. The molecule has 1 aromatic heterocycles. The fourth-order valence-corrected chi connectivity index (χ4v) is 5.50. The SMILES string of the molecule is C=CS(=O)(=O)c1ccc(Nc2nc(Cl)nc(Nc3cc(S(=O)(=O)O)cc(NN=C(N=Nc4ccccc4C=O)c4ccccc4)c3O)n2)cc1. The van der Waals surface area contributed by atoms with Gasteiger partial charge in [0.25, 0.3) is 10.1 Å². The number of nitrogens with one attached hydrogen (secondary N) is 3. The standard InChI is InChI=1S/C31H24ClN9O7S2/c1-2-49(44,45)22-14-12-21(13-15-22)33-30-35-29(32)36-31(37-30)34-25-16-23(50(46,47)48)17-26(27(25)43)39-41-28(19-8-4-3-5-9-19)40-38-24-11-7-6-10-20(24)18-42/h2-18,39,43H,1H2,(H,46,47,48)(H2,33,34,35,36,37). The number of aromatic hydroxyl groups is 1. The fourth-order valence-electron chi connectivity index (χ4n) is 4.10. The molecule has 254 valence electrons. The summed E-state index contributed by atoms with van der Waals surface area (Å²) in [4.78, 5) is 22.9. The number of hydrogen-bond acceptors (Lipinski definition) is 14. The Bertz CT molecular complexity index is 2360. The number of sulfone groups is 1. The van der Waals surface area contributed by atoms with E-state index in [1.165, 1.54) is 24.3 Å². The van der Waals surface area contributed by atoms with Crippen LogP contribution in [-0.4, -0.2) is 53.6 Å². The number of halogens is 1. The summed E-state index contributed by atoms with van der Waals surface area (Å²) in [5, 5.41) is 29.6. The van der Waals surface area contributed by atoms with E-state index in [0.29, 0.717) is 17.5 Å². The molecule has 0 amide bonds. The molecule has 0 radical (unpaired) electrons. The lowest BCUT2D eigenvalue weighted by Gasteiger charge is -2.14. The second kappa shape index (κ2) is 15.0. The van der Waals surface area contributed by atoms with Crippen molar-refractivity contribution in [1.82, 2.24) is 15.0 Å². The van der Waals surface area contributed by atoms with E-state index in [4.69, 9.17) is 11.6 Å². The van der Waals surface area contributed by atoms with Gasteiger partial charge in [-0.15, -0.1) is 10.2 Å². The smallest absolute Gasteiger partial charge is 0.294 e. The zero-order valence-electron chi connectivity index (χ0n) is 25.3. The first-order chi connectivity index (χ1) is 23.9. The number of phenolic OH excluding ortho intramolecular Hbond substituents is 1. The Labute approximate surface area is 290 Å². The van der Waals surface area contributed by atoms with Crippen LogP contribution >= 0.6 is 11.6 Å². The van der Waals surface area contributed by atoms with E-state index in [2.05, 4.69) is 52.9 Å². The van der Waals surface area contributed by atoms with Gasteiger partial charge in [0.15, 0.2) is 21.9 Å². The molecule has 0 bridgehead atoms. The highest BCUT2D eigenvalue weighted by Crippen LogP contribution is 2.37. The van der Waals surface area contributed by atoms with Crippen molar-refractivity contribution >= 4 is 78.3 Å². The molecule has 0 saturated heterocycles. The topological polar surface area (TPSA) is 238 Å². The Kier molecular flexibility index (Phi) is 10.6. The van der Waals surface area contributed by atoms with E-state index in [1.807, 2.05) is 0 Å². The maximum absolute atomic E-state index is 12.2. The Hall–Kier alpha value is -6.08. The summed E-state index contributed by atoms with van der Waals surface area (Å²) < 4.78 is 58.3. The first-order valence-electron chi connectivity index (χ1n) is 14.0. The summed E-state index contributed by atoms with van der Waals surface area (Å²) in [5.41, 5.74) is 3.33. The predicted octanol–water partition coefficient (Wildman–Crippen LogP) is 6.25. The summed E-state index contributed by atoms with van der Waals surface area (Å²) in [5.74, 6) is -0.966. The molecule has 19 heteroatoms. The van der Waals surface area contributed by atoms with Gasteiger partial charge in [-0.05, 0) is 60.1 Å². The van der Waals surface area contributed by atoms with Crippen molar-refractivity contribution in [2.75, 3.05) is 16.1 Å². The van der Waals surface area contributed by atoms with Gasteiger partial charge in [0, 0.05) is 22.2 Å². The molecular formula is C31H24ClN9O7S2. The molecule has 0 saturated carbocycles. The summed E-state index contributed by atoms with van der Waals surface area (Å²) in [6.07, 6.45) is 0.619. The number of rotatable bonds is 12. The van der Waals surface area contributed by atoms with E-state index in [-0.39, 0.29) is 50.5 Å². The Morgan fingerprint density at radius 3 is 2.12 bits per heavy atom. The molecular weight excluding hydrogens is 710 g/mol. The average molecular weight is 734 g/mol. The van der Waals surface area contributed by atoms with E-state index in [9.17, 15) is 31.3 Å². The molecule has 0 aliphatic rings. The minimum absolute atomic E-state index is 0.0132. The van der Waals surface area contributed by atoms with E-state index < -0.39 is 30.6 Å². The lowest BCUT2D eigenvalue weighted by molar-refractivity contribution is 0.112. The van der Waals surface area contributed by atoms with Crippen molar-refractivity contribution in [1.29, 1.82) is 0 Å². The third-order valence-corrected chi connectivity index (χ3v) is 8.89. The van der Waals surface area contributed by atoms with E-state index in [0.717, 1.165) is 17.5 Å². The number of phenols is 1. The molecule has 0 unspecified atom stereocenters. The van der Waals surface area contributed by atoms with Crippen molar-refractivity contribution in [3.63, 3.8) is 0 Å². The van der Waals surface area contributed by atoms with Crippen molar-refractivity contribution < 1.29 is 31.3 Å². The maximum Gasteiger partial charge on any atom is 0.294 e. The molecule has 1 heterocycles. The van der Waals surface area contributed by atoms with Crippen LogP contribution in [0.4, 0.5) is 34.6 Å². The lowest BCUT2D eigenvalue weighted by Crippen LogP contribution is -2.07. The van der Waals surface area contributed by atoms with Gasteiger partial charge in [-0.3, -0.25) is 14.8 Å². The van der Waals surface area contributed by atoms with Crippen LogP contribution in [0, 0.1) is 0 Å². The third-order valence-electron chi connectivity index (χ3n) is 6.52. The van der Waals surface area contributed by atoms with Crippen LogP contribution in [0.15, 0.2) is 128 Å². The first kappa shape index (κ1) is 35.2. The normalized spacial score (nSPS) is 12.0. The number of aldehydes is 1. The highest BCUT2D eigenvalue weighted by Gasteiger charge is 2.19. The first-order valence-corrected chi connectivity index (χ1v) is 17.4. The van der Waals surface area contributed by atoms with Crippen LogP contribution in [0.2, 0.25) is 5.28 Å². The number of anilines is 5. The number of carbonyl (C=O) groups excluding carboxylic acids is 1. The number of nitrogens with zero attached hydrogens (tertiary/aromatic N) is 6. The van der Waals surface area contributed by atoms with E-state index >= 15 is 0 Å². The van der Waals surface area contributed by atoms with Crippen LogP contribution in [0.1, 0.15) is 15.9 Å². The number of benzene rings is 4. The van der Waals surface area contributed by atoms with Gasteiger partial charge in [-0.2, -0.15) is 28.5 Å². The van der Waals surface area contributed by atoms with Crippen LogP contribution in [0.3, 0.4) is 0 Å². The lowest BCUT2D eigenvalue weighted by atomic mass is 10.2. The fraction of sp³-hybridized carbons (Fsp3) is 0. The maximum atomic E-state index is 12.2. The largest absolute Gasteiger partial charge is 0.504 e. The van der Waals surface area contributed by atoms with Crippen LogP contribution in [-0.2, 0) is 20.0 Å². The number of carbonyl (C=O) groups is 1. The number of amidine groups is 1.